The Morgan fingerprint density at radius 2 is 1.96 bits per heavy atom. The Labute approximate surface area is 166 Å². The van der Waals surface area contributed by atoms with E-state index in [1.807, 2.05) is 6.92 Å². The molecule has 1 amide bonds. The Kier molecular flexibility index (Phi) is 8.30. The highest BCUT2D eigenvalue weighted by molar-refractivity contribution is 8.00. The maximum atomic E-state index is 12.7. The van der Waals surface area contributed by atoms with Crippen LogP contribution in [0.3, 0.4) is 0 Å². The molecule has 0 heterocycles. The molecule has 1 atom stereocenters. The molecular weight excluding hydrogens is 392 g/mol. The van der Waals surface area contributed by atoms with E-state index >= 15 is 0 Å². The van der Waals surface area contributed by atoms with Crippen LogP contribution >= 0.6 is 23.4 Å². The summed E-state index contributed by atoms with van der Waals surface area (Å²) in [6.07, 6.45) is 1.46. The summed E-state index contributed by atoms with van der Waals surface area (Å²) < 4.78 is 26.1. The normalized spacial score (nSPS) is 13.3. The van der Waals surface area contributed by atoms with E-state index in [1.165, 1.54) is 0 Å². The molecule has 0 fully saturated rings. The van der Waals surface area contributed by atoms with Crippen LogP contribution in [0.1, 0.15) is 39.7 Å². The fourth-order valence-corrected chi connectivity index (χ4v) is 4.62. The maximum Gasteiger partial charge on any atom is 0.243 e. The summed E-state index contributed by atoms with van der Waals surface area (Å²) >= 11 is 7.90. The summed E-state index contributed by atoms with van der Waals surface area (Å²) in [6, 6.07) is 4.20. The van der Waals surface area contributed by atoms with Gasteiger partial charge in [0, 0.05) is 22.1 Å². The van der Waals surface area contributed by atoms with Crippen LogP contribution in [0.2, 0.25) is 5.02 Å². The van der Waals surface area contributed by atoms with Crippen LogP contribution in [0, 0.1) is 6.92 Å². The Balaban J connectivity index is 2.99. The average Bonchev–Trinajstić information content (AvgIpc) is 2.49. The molecule has 0 aliphatic rings. The number of sulfonamides is 1. The van der Waals surface area contributed by atoms with Gasteiger partial charge in [-0.1, -0.05) is 45.4 Å². The lowest BCUT2D eigenvalue weighted by Gasteiger charge is -2.30. The number of nitrogens with zero attached hydrogens (tertiary/aromatic N) is 1. The van der Waals surface area contributed by atoms with Crippen molar-refractivity contribution < 1.29 is 13.2 Å². The van der Waals surface area contributed by atoms with Crippen LogP contribution in [-0.4, -0.2) is 43.7 Å². The molecule has 1 unspecified atom stereocenters. The van der Waals surface area contributed by atoms with Crippen molar-refractivity contribution in [2.24, 2.45) is 0 Å². The minimum absolute atomic E-state index is 0.117. The van der Waals surface area contributed by atoms with Gasteiger partial charge < -0.3 is 5.32 Å². The largest absolute Gasteiger partial charge is 0.353 e. The van der Waals surface area contributed by atoms with Gasteiger partial charge in [-0.15, -0.1) is 0 Å². The molecule has 1 N–H and O–H groups in total. The molecule has 26 heavy (non-hydrogen) atoms. The van der Waals surface area contributed by atoms with Crippen molar-refractivity contribution >= 4 is 45.0 Å². The van der Waals surface area contributed by atoms with Crippen LogP contribution in [0.4, 0.5) is 5.69 Å². The summed E-state index contributed by atoms with van der Waals surface area (Å²) in [5.74, 6) is 0.463. The van der Waals surface area contributed by atoms with Crippen molar-refractivity contribution in [3.8, 4) is 0 Å². The molecule has 5 nitrogen and oxygen atoms in total. The number of hydrogen-bond acceptors (Lipinski definition) is 4. The van der Waals surface area contributed by atoms with E-state index in [2.05, 4.69) is 26.1 Å². The van der Waals surface area contributed by atoms with E-state index in [1.54, 1.807) is 36.9 Å². The Morgan fingerprint density at radius 3 is 2.42 bits per heavy atom. The predicted octanol–water partition coefficient (Wildman–Crippen LogP) is 3.84. The van der Waals surface area contributed by atoms with Gasteiger partial charge in [0.25, 0.3) is 0 Å². The van der Waals surface area contributed by atoms with Crippen molar-refractivity contribution in [1.29, 1.82) is 0 Å². The number of rotatable bonds is 8. The SMILES string of the molecule is CCC(C(=O)NCCSC(C)(C)C)N(c1ccc(C)c(Cl)c1)S(C)(=O)=O. The van der Waals surface area contributed by atoms with Crippen molar-refractivity contribution in [2.45, 2.75) is 51.8 Å². The van der Waals surface area contributed by atoms with Crippen LogP contribution in [0.25, 0.3) is 0 Å². The zero-order valence-electron chi connectivity index (χ0n) is 16.3. The van der Waals surface area contributed by atoms with Crippen molar-refractivity contribution in [3.63, 3.8) is 0 Å². The molecule has 0 aliphatic carbocycles. The zero-order chi connectivity index (χ0) is 20.1. The quantitative estimate of drug-likeness (QED) is 0.649. The molecule has 0 aromatic heterocycles. The molecule has 148 valence electrons. The van der Waals surface area contributed by atoms with Gasteiger partial charge in [-0.25, -0.2) is 8.42 Å². The first-order valence-corrected chi connectivity index (χ1v) is 11.7. The smallest absolute Gasteiger partial charge is 0.243 e. The Bertz CT molecular complexity index is 730. The van der Waals surface area contributed by atoms with Crippen LogP contribution < -0.4 is 9.62 Å². The summed E-state index contributed by atoms with van der Waals surface area (Å²) in [4.78, 5) is 12.7. The van der Waals surface area contributed by atoms with Gasteiger partial charge >= 0.3 is 0 Å². The highest BCUT2D eigenvalue weighted by Gasteiger charge is 2.31. The standard InChI is InChI=1S/C18H29ClN2O3S2/c1-7-16(17(22)20-10-11-25-18(3,4)5)21(26(6,23)24)14-9-8-13(2)15(19)12-14/h8-9,12,16H,7,10-11H2,1-6H3,(H,20,22). The number of thioether (sulfide) groups is 1. The first kappa shape index (κ1) is 23.1. The maximum absolute atomic E-state index is 12.7. The van der Waals surface area contributed by atoms with Crippen molar-refractivity contribution in [3.05, 3.63) is 28.8 Å². The lowest BCUT2D eigenvalue weighted by molar-refractivity contribution is -0.122. The number of benzene rings is 1. The number of amides is 1. The van der Waals surface area contributed by atoms with Crippen molar-refractivity contribution in [1.82, 2.24) is 5.32 Å². The lowest BCUT2D eigenvalue weighted by atomic mass is 10.1. The minimum Gasteiger partial charge on any atom is -0.353 e. The topological polar surface area (TPSA) is 66.5 Å². The average molecular weight is 421 g/mol. The van der Waals surface area contributed by atoms with E-state index in [9.17, 15) is 13.2 Å². The van der Waals surface area contributed by atoms with E-state index in [0.29, 0.717) is 23.7 Å². The van der Waals surface area contributed by atoms with Gasteiger partial charge in [-0.2, -0.15) is 11.8 Å². The highest BCUT2D eigenvalue weighted by atomic mass is 35.5. The van der Waals surface area contributed by atoms with Gasteiger partial charge in [0.05, 0.1) is 11.9 Å². The number of aryl methyl sites for hydroxylation is 1. The summed E-state index contributed by atoms with van der Waals surface area (Å²) in [7, 11) is -3.65. The molecule has 1 aromatic carbocycles. The van der Waals surface area contributed by atoms with Crippen LogP contribution in [0.5, 0.6) is 0 Å². The van der Waals surface area contributed by atoms with E-state index in [4.69, 9.17) is 11.6 Å². The third kappa shape index (κ3) is 7.00. The molecule has 0 saturated carbocycles. The summed E-state index contributed by atoms with van der Waals surface area (Å²) in [5, 5.41) is 3.32. The highest BCUT2D eigenvalue weighted by Crippen LogP contribution is 2.27. The summed E-state index contributed by atoms with van der Waals surface area (Å²) in [6.45, 7) is 10.5. The van der Waals surface area contributed by atoms with Gasteiger partial charge in [0.1, 0.15) is 6.04 Å². The number of halogens is 1. The van der Waals surface area contributed by atoms with Crippen LogP contribution in [0.15, 0.2) is 18.2 Å². The van der Waals surface area contributed by atoms with E-state index in [-0.39, 0.29) is 10.7 Å². The molecule has 1 rings (SSSR count). The first-order valence-electron chi connectivity index (χ1n) is 8.54. The second kappa shape index (κ2) is 9.33. The molecule has 0 radical (unpaired) electrons. The number of carbonyl (C=O) groups is 1. The van der Waals surface area contributed by atoms with Crippen molar-refractivity contribution in [2.75, 3.05) is 22.9 Å². The third-order valence-corrected chi connectivity index (χ3v) is 6.54. The zero-order valence-corrected chi connectivity index (χ0v) is 18.7. The molecule has 8 heteroatoms. The first-order chi connectivity index (χ1) is 11.9. The van der Waals surface area contributed by atoms with E-state index in [0.717, 1.165) is 21.9 Å². The Hall–Kier alpha value is -0.920. The fourth-order valence-electron chi connectivity index (χ4n) is 2.43. The minimum atomic E-state index is -3.65. The predicted molar refractivity (Wildman–Crippen MR) is 113 cm³/mol. The molecular formula is C18H29ClN2O3S2. The van der Waals surface area contributed by atoms with Crippen LogP contribution in [-0.2, 0) is 14.8 Å². The van der Waals surface area contributed by atoms with E-state index < -0.39 is 16.1 Å². The second-order valence-electron chi connectivity index (χ2n) is 7.17. The number of carbonyl (C=O) groups excluding carboxylic acids is 1. The van der Waals surface area contributed by atoms with Gasteiger partial charge in [0.15, 0.2) is 0 Å². The molecule has 0 spiro atoms. The second-order valence-corrected chi connectivity index (χ2v) is 11.4. The molecule has 0 bridgehead atoms. The molecule has 1 aromatic rings. The molecule has 0 saturated heterocycles. The molecule has 0 aliphatic heterocycles. The number of anilines is 1. The fraction of sp³-hybridized carbons (Fsp3) is 0.611. The lowest BCUT2D eigenvalue weighted by Crippen LogP contribution is -2.49. The van der Waals surface area contributed by atoms with Gasteiger partial charge in [-0.3, -0.25) is 9.10 Å². The number of hydrogen-bond donors (Lipinski definition) is 1. The Morgan fingerprint density at radius 1 is 1.35 bits per heavy atom. The number of nitrogens with one attached hydrogen (secondary N) is 1. The third-order valence-electron chi connectivity index (χ3n) is 3.68. The van der Waals surface area contributed by atoms with Gasteiger partial charge in [-0.05, 0) is 31.0 Å². The van der Waals surface area contributed by atoms with Gasteiger partial charge in [0.2, 0.25) is 15.9 Å². The summed E-state index contributed by atoms with van der Waals surface area (Å²) in [5.41, 5.74) is 1.25. The monoisotopic (exact) mass is 420 g/mol.